The van der Waals surface area contributed by atoms with Crippen molar-refractivity contribution < 1.29 is 17.9 Å². The van der Waals surface area contributed by atoms with E-state index in [1.54, 1.807) is 13.1 Å². The molecule has 0 radical (unpaired) electrons. The standard InChI is InChI=1S/C15H20N2O5S/c1-16-13-8-11(2-3-14(13)22-15(16)19)9-17-5-7-23(20,21)10-12(17)4-6-18/h2-3,8,12,18H,4-7,9-10H2,1H3. The molecule has 7 nitrogen and oxygen atoms in total. The van der Waals surface area contributed by atoms with E-state index in [1.165, 1.54) is 4.57 Å². The maximum atomic E-state index is 11.8. The first kappa shape index (κ1) is 16.2. The van der Waals surface area contributed by atoms with Crippen LogP contribution >= 0.6 is 0 Å². The Morgan fingerprint density at radius 1 is 1.39 bits per heavy atom. The van der Waals surface area contributed by atoms with Crippen molar-refractivity contribution in [1.29, 1.82) is 0 Å². The fraction of sp³-hybridized carbons (Fsp3) is 0.533. The van der Waals surface area contributed by atoms with Crippen molar-refractivity contribution in [3.8, 4) is 0 Å². The first-order valence-corrected chi connectivity index (χ1v) is 9.35. The van der Waals surface area contributed by atoms with Crippen molar-refractivity contribution >= 4 is 20.9 Å². The fourth-order valence-corrected chi connectivity index (χ4v) is 4.69. The fourth-order valence-electron chi connectivity index (χ4n) is 3.05. The van der Waals surface area contributed by atoms with Crippen molar-refractivity contribution in [2.45, 2.75) is 19.0 Å². The molecule has 1 saturated heterocycles. The lowest BCUT2D eigenvalue weighted by molar-refractivity contribution is 0.163. The highest BCUT2D eigenvalue weighted by atomic mass is 32.2. The Kier molecular flexibility index (Phi) is 4.31. The third-order valence-electron chi connectivity index (χ3n) is 4.36. The van der Waals surface area contributed by atoms with Crippen LogP contribution in [0.2, 0.25) is 0 Å². The summed E-state index contributed by atoms with van der Waals surface area (Å²) in [6.45, 7) is 0.997. The van der Waals surface area contributed by atoms with E-state index in [1.807, 2.05) is 12.1 Å². The van der Waals surface area contributed by atoms with Crippen LogP contribution in [0.15, 0.2) is 27.4 Å². The molecule has 23 heavy (non-hydrogen) atoms. The van der Waals surface area contributed by atoms with E-state index in [0.717, 1.165) is 11.1 Å². The van der Waals surface area contributed by atoms with Crippen molar-refractivity contribution in [3.05, 3.63) is 34.3 Å². The van der Waals surface area contributed by atoms with Gasteiger partial charge in [-0.05, 0) is 24.1 Å². The minimum absolute atomic E-state index is 0.0358. The molecule has 1 aliphatic heterocycles. The number of hydrogen-bond acceptors (Lipinski definition) is 6. The van der Waals surface area contributed by atoms with Gasteiger partial charge in [-0.1, -0.05) is 6.07 Å². The number of rotatable bonds is 4. The summed E-state index contributed by atoms with van der Waals surface area (Å²) >= 11 is 0. The zero-order valence-electron chi connectivity index (χ0n) is 12.9. The molecule has 2 heterocycles. The highest BCUT2D eigenvalue weighted by Gasteiger charge is 2.30. The lowest BCUT2D eigenvalue weighted by Crippen LogP contribution is -2.48. The minimum Gasteiger partial charge on any atom is -0.408 e. The number of aliphatic hydroxyl groups is 1. The topological polar surface area (TPSA) is 92.8 Å². The Morgan fingerprint density at radius 2 is 2.17 bits per heavy atom. The third-order valence-corrected chi connectivity index (χ3v) is 6.05. The van der Waals surface area contributed by atoms with Gasteiger partial charge in [0.1, 0.15) is 0 Å². The molecular weight excluding hydrogens is 320 g/mol. The summed E-state index contributed by atoms with van der Waals surface area (Å²) in [5.41, 5.74) is 2.24. The maximum absolute atomic E-state index is 11.8. The number of aliphatic hydroxyl groups excluding tert-OH is 1. The van der Waals surface area contributed by atoms with Gasteiger partial charge in [0.15, 0.2) is 15.4 Å². The van der Waals surface area contributed by atoms with Gasteiger partial charge in [-0.25, -0.2) is 13.2 Å². The second-order valence-corrected chi connectivity index (χ2v) is 8.21. The minimum atomic E-state index is -3.03. The third kappa shape index (κ3) is 3.34. The lowest BCUT2D eigenvalue weighted by atomic mass is 10.1. The molecule has 1 fully saturated rings. The summed E-state index contributed by atoms with van der Waals surface area (Å²) in [4.78, 5) is 13.6. The Balaban J connectivity index is 1.85. The number of nitrogens with zero attached hydrogens (tertiary/aromatic N) is 2. The number of aromatic nitrogens is 1. The number of sulfone groups is 1. The molecule has 8 heteroatoms. The summed E-state index contributed by atoms with van der Waals surface area (Å²) < 4.78 is 30.2. The molecule has 3 rings (SSSR count). The number of aryl methyl sites for hydroxylation is 1. The van der Waals surface area contributed by atoms with Gasteiger partial charge in [0.2, 0.25) is 0 Å². The smallest absolute Gasteiger partial charge is 0.408 e. The molecule has 0 amide bonds. The molecule has 1 aromatic carbocycles. The van der Waals surface area contributed by atoms with Crippen LogP contribution in [0, 0.1) is 0 Å². The van der Waals surface area contributed by atoms with Crippen LogP contribution in [0.4, 0.5) is 0 Å². The summed E-state index contributed by atoms with van der Waals surface area (Å²) in [5, 5.41) is 9.18. The average Bonchev–Trinajstić information content (AvgIpc) is 2.77. The van der Waals surface area contributed by atoms with Crippen LogP contribution in [0.25, 0.3) is 11.1 Å². The van der Waals surface area contributed by atoms with Crippen molar-refractivity contribution in [3.63, 3.8) is 0 Å². The summed E-state index contributed by atoms with van der Waals surface area (Å²) in [7, 11) is -1.38. The largest absolute Gasteiger partial charge is 0.419 e. The van der Waals surface area contributed by atoms with Gasteiger partial charge in [-0.2, -0.15) is 0 Å². The van der Waals surface area contributed by atoms with Gasteiger partial charge < -0.3 is 9.52 Å². The number of hydrogen-bond donors (Lipinski definition) is 1. The first-order chi connectivity index (χ1) is 10.9. The Bertz CT molecular complexity index is 868. The molecule has 1 atom stereocenters. The van der Waals surface area contributed by atoms with Crippen molar-refractivity contribution in [2.75, 3.05) is 24.7 Å². The monoisotopic (exact) mass is 340 g/mol. The molecule has 2 aromatic rings. The van der Waals surface area contributed by atoms with E-state index in [9.17, 15) is 18.3 Å². The summed E-state index contributed by atoms with van der Waals surface area (Å²) in [5.74, 6) is -0.180. The maximum Gasteiger partial charge on any atom is 0.419 e. The number of oxazole rings is 1. The van der Waals surface area contributed by atoms with E-state index in [2.05, 4.69) is 4.90 Å². The molecule has 0 saturated carbocycles. The highest BCUT2D eigenvalue weighted by Crippen LogP contribution is 2.20. The molecular formula is C15H20N2O5S. The molecule has 1 aliphatic rings. The Morgan fingerprint density at radius 3 is 2.91 bits per heavy atom. The first-order valence-electron chi connectivity index (χ1n) is 7.53. The predicted octanol–water partition coefficient (Wildman–Crippen LogP) is 0.113. The molecule has 1 aromatic heterocycles. The quantitative estimate of drug-likeness (QED) is 0.849. The van der Waals surface area contributed by atoms with Crippen molar-refractivity contribution in [1.82, 2.24) is 9.47 Å². The lowest BCUT2D eigenvalue weighted by Gasteiger charge is -2.35. The van der Waals surface area contributed by atoms with Gasteiger partial charge in [0.05, 0.1) is 17.0 Å². The number of fused-ring (bicyclic) bond motifs is 1. The van der Waals surface area contributed by atoms with Gasteiger partial charge in [-0.3, -0.25) is 9.47 Å². The van der Waals surface area contributed by atoms with Crippen LogP contribution < -0.4 is 5.76 Å². The van der Waals surface area contributed by atoms with Crippen LogP contribution in [0.5, 0.6) is 0 Å². The Hall–Kier alpha value is -1.64. The molecule has 0 spiro atoms. The zero-order valence-corrected chi connectivity index (χ0v) is 13.8. The van der Waals surface area contributed by atoms with Crippen LogP contribution in [0.3, 0.4) is 0 Å². The van der Waals surface area contributed by atoms with Gasteiger partial charge in [-0.15, -0.1) is 0 Å². The Labute approximate surface area is 134 Å². The normalized spacial score (nSPS) is 21.7. The molecule has 1 N–H and O–H groups in total. The van der Waals surface area contributed by atoms with Crippen LogP contribution in [-0.2, 0) is 23.4 Å². The zero-order chi connectivity index (χ0) is 16.6. The van der Waals surface area contributed by atoms with E-state index < -0.39 is 15.6 Å². The van der Waals surface area contributed by atoms with E-state index in [4.69, 9.17) is 4.42 Å². The van der Waals surface area contributed by atoms with Crippen molar-refractivity contribution in [2.24, 2.45) is 7.05 Å². The van der Waals surface area contributed by atoms with Gasteiger partial charge >= 0.3 is 5.76 Å². The molecule has 0 bridgehead atoms. The van der Waals surface area contributed by atoms with E-state index >= 15 is 0 Å². The van der Waals surface area contributed by atoms with Gasteiger partial charge in [0, 0.05) is 32.8 Å². The second kappa shape index (κ2) is 6.10. The second-order valence-electron chi connectivity index (χ2n) is 5.98. The average molecular weight is 340 g/mol. The summed E-state index contributed by atoms with van der Waals surface area (Å²) in [6.07, 6.45) is 0.436. The SMILES string of the molecule is Cn1c(=O)oc2ccc(CN3CCS(=O)(=O)CC3CCO)cc21. The molecule has 1 unspecified atom stereocenters. The van der Waals surface area contributed by atoms with E-state index in [0.29, 0.717) is 25.1 Å². The highest BCUT2D eigenvalue weighted by molar-refractivity contribution is 7.91. The summed E-state index contributed by atoms with van der Waals surface area (Å²) in [6, 6.07) is 5.35. The van der Waals surface area contributed by atoms with Gasteiger partial charge in [0.25, 0.3) is 0 Å². The van der Waals surface area contributed by atoms with Crippen LogP contribution in [-0.4, -0.2) is 53.7 Å². The van der Waals surface area contributed by atoms with Crippen LogP contribution in [0.1, 0.15) is 12.0 Å². The predicted molar refractivity (Wildman–Crippen MR) is 86.0 cm³/mol. The molecule has 126 valence electrons. The number of benzene rings is 1. The van der Waals surface area contributed by atoms with E-state index in [-0.39, 0.29) is 24.2 Å². The molecule has 0 aliphatic carbocycles.